The second-order valence-corrected chi connectivity index (χ2v) is 7.16. The van der Waals surface area contributed by atoms with E-state index in [1.165, 1.54) is 0 Å². The first-order chi connectivity index (χ1) is 14.7. The van der Waals surface area contributed by atoms with E-state index in [9.17, 15) is 9.59 Å². The van der Waals surface area contributed by atoms with Gasteiger partial charge in [-0.1, -0.05) is 12.1 Å². The zero-order valence-electron chi connectivity index (χ0n) is 16.8. The molecule has 7 nitrogen and oxygen atoms in total. The van der Waals surface area contributed by atoms with Gasteiger partial charge < -0.3 is 23.4 Å². The number of hydrogen-bond donors (Lipinski definition) is 0. The Morgan fingerprint density at radius 1 is 1.07 bits per heavy atom. The molecule has 0 bridgehead atoms. The van der Waals surface area contributed by atoms with Gasteiger partial charge in [-0.15, -0.1) is 0 Å². The number of carbonyl (C=O) groups excluding carboxylic acids is 2. The number of nitrogens with zero attached hydrogens (tertiary/aromatic N) is 2. The van der Waals surface area contributed by atoms with Crippen LogP contribution in [0.3, 0.4) is 0 Å². The highest BCUT2D eigenvalue weighted by Gasteiger charge is 2.38. The van der Waals surface area contributed by atoms with E-state index in [1.54, 1.807) is 34.5 Å². The number of carbonyl (C=O) groups is 2. The smallest absolute Gasteiger partial charge is 0.228 e. The fraction of sp³-hybridized carbons (Fsp3) is 0.304. The zero-order chi connectivity index (χ0) is 20.9. The van der Waals surface area contributed by atoms with Gasteiger partial charge in [0.25, 0.3) is 0 Å². The van der Waals surface area contributed by atoms with Crippen molar-refractivity contribution in [3.05, 3.63) is 72.6 Å². The van der Waals surface area contributed by atoms with Gasteiger partial charge in [0.15, 0.2) is 0 Å². The van der Waals surface area contributed by atoms with E-state index < -0.39 is 5.92 Å². The summed E-state index contributed by atoms with van der Waals surface area (Å²) in [6.07, 6.45) is 3.32. The Hall–Kier alpha value is -3.48. The van der Waals surface area contributed by atoms with Gasteiger partial charge in [0.1, 0.15) is 17.3 Å². The van der Waals surface area contributed by atoms with Crippen LogP contribution < -0.4 is 9.64 Å². The predicted molar refractivity (Wildman–Crippen MR) is 110 cm³/mol. The summed E-state index contributed by atoms with van der Waals surface area (Å²) in [6.45, 7) is 3.34. The molecule has 1 aliphatic heterocycles. The number of para-hydroxylation sites is 2. The molecule has 0 spiro atoms. The van der Waals surface area contributed by atoms with Crippen molar-refractivity contribution in [2.45, 2.75) is 26.4 Å². The van der Waals surface area contributed by atoms with Crippen LogP contribution in [0.15, 0.2) is 69.9 Å². The van der Waals surface area contributed by atoms with Gasteiger partial charge in [-0.2, -0.15) is 0 Å². The molecule has 156 valence electrons. The Morgan fingerprint density at radius 3 is 2.33 bits per heavy atom. The predicted octanol–water partition coefficient (Wildman–Crippen LogP) is 3.85. The summed E-state index contributed by atoms with van der Waals surface area (Å²) in [5.41, 5.74) is 0.697. The van der Waals surface area contributed by atoms with Gasteiger partial charge in [-0.3, -0.25) is 9.59 Å². The van der Waals surface area contributed by atoms with Crippen LogP contribution in [0.5, 0.6) is 5.75 Å². The maximum Gasteiger partial charge on any atom is 0.228 e. The minimum absolute atomic E-state index is 0.0866. The lowest BCUT2D eigenvalue weighted by Crippen LogP contribution is -2.36. The van der Waals surface area contributed by atoms with Crippen molar-refractivity contribution in [3.8, 4) is 5.75 Å². The summed E-state index contributed by atoms with van der Waals surface area (Å²) in [5, 5.41) is 0. The van der Waals surface area contributed by atoms with E-state index >= 15 is 0 Å². The Labute approximate surface area is 174 Å². The molecule has 2 amide bonds. The molecule has 3 heterocycles. The lowest BCUT2D eigenvalue weighted by Gasteiger charge is -2.24. The molecular weight excluding hydrogens is 384 g/mol. The molecule has 2 aromatic heterocycles. The van der Waals surface area contributed by atoms with E-state index in [0.29, 0.717) is 49.2 Å². The monoisotopic (exact) mass is 408 g/mol. The fourth-order valence-electron chi connectivity index (χ4n) is 3.71. The molecule has 1 atom stereocenters. The molecule has 0 saturated carbocycles. The van der Waals surface area contributed by atoms with E-state index in [0.717, 1.165) is 0 Å². The number of furan rings is 2. The van der Waals surface area contributed by atoms with E-state index in [2.05, 4.69) is 0 Å². The molecule has 30 heavy (non-hydrogen) atoms. The van der Waals surface area contributed by atoms with Crippen molar-refractivity contribution >= 4 is 17.5 Å². The number of amides is 2. The van der Waals surface area contributed by atoms with Crippen LogP contribution in [-0.2, 0) is 22.7 Å². The topological polar surface area (TPSA) is 76.1 Å². The van der Waals surface area contributed by atoms with Crippen molar-refractivity contribution in [1.82, 2.24) is 4.90 Å². The fourth-order valence-corrected chi connectivity index (χ4v) is 3.71. The summed E-state index contributed by atoms with van der Waals surface area (Å²) in [6, 6.07) is 14.6. The highest BCUT2D eigenvalue weighted by atomic mass is 16.5. The first-order valence-corrected chi connectivity index (χ1v) is 10.0. The number of benzene rings is 1. The average Bonchev–Trinajstić information content (AvgIpc) is 3.51. The standard InChI is InChI=1S/C23H24N2O5/c1-2-28-21-10-4-3-9-20(21)25-14-17(13-22(25)26)23(27)24(15-18-7-5-11-29-18)16-19-8-6-12-30-19/h3-12,17H,2,13-16H2,1H3. The molecule has 3 aromatic rings. The van der Waals surface area contributed by atoms with Crippen molar-refractivity contribution in [1.29, 1.82) is 0 Å². The van der Waals surface area contributed by atoms with Crippen molar-refractivity contribution < 1.29 is 23.2 Å². The molecule has 1 saturated heterocycles. The zero-order valence-corrected chi connectivity index (χ0v) is 16.8. The summed E-state index contributed by atoms with van der Waals surface area (Å²) >= 11 is 0. The highest BCUT2D eigenvalue weighted by Crippen LogP contribution is 2.34. The maximum absolute atomic E-state index is 13.4. The Balaban J connectivity index is 1.53. The minimum Gasteiger partial charge on any atom is -0.492 e. The molecule has 4 rings (SSSR count). The van der Waals surface area contributed by atoms with Gasteiger partial charge in [-0.25, -0.2) is 0 Å². The normalized spacial score (nSPS) is 16.1. The van der Waals surface area contributed by atoms with Crippen LogP contribution in [0.2, 0.25) is 0 Å². The second kappa shape index (κ2) is 8.90. The molecule has 1 aliphatic rings. The molecule has 0 radical (unpaired) electrons. The summed E-state index contributed by atoms with van der Waals surface area (Å²) < 4.78 is 16.5. The third kappa shape index (κ3) is 4.25. The van der Waals surface area contributed by atoms with Crippen LogP contribution in [0.1, 0.15) is 24.9 Å². The highest BCUT2D eigenvalue weighted by molar-refractivity contribution is 6.01. The van der Waals surface area contributed by atoms with Gasteiger partial charge in [0.2, 0.25) is 11.8 Å². The molecule has 7 heteroatoms. The Kier molecular flexibility index (Phi) is 5.88. The number of rotatable bonds is 8. The van der Waals surface area contributed by atoms with Crippen molar-refractivity contribution in [3.63, 3.8) is 0 Å². The molecule has 0 aliphatic carbocycles. The van der Waals surface area contributed by atoms with Gasteiger partial charge in [-0.05, 0) is 43.3 Å². The summed E-state index contributed by atoms with van der Waals surface area (Å²) in [4.78, 5) is 29.4. The van der Waals surface area contributed by atoms with E-state index in [4.69, 9.17) is 13.6 Å². The van der Waals surface area contributed by atoms with E-state index in [-0.39, 0.29) is 18.2 Å². The number of ether oxygens (including phenoxy) is 1. The SMILES string of the molecule is CCOc1ccccc1N1CC(C(=O)N(Cc2ccco2)Cc2ccco2)CC1=O. The maximum atomic E-state index is 13.4. The largest absolute Gasteiger partial charge is 0.492 e. The summed E-state index contributed by atoms with van der Waals surface area (Å²) in [5.74, 6) is 1.36. The molecular formula is C23H24N2O5. The third-order valence-corrected chi connectivity index (χ3v) is 5.10. The average molecular weight is 408 g/mol. The summed E-state index contributed by atoms with van der Waals surface area (Å²) in [7, 11) is 0. The lowest BCUT2D eigenvalue weighted by atomic mass is 10.1. The lowest BCUT2D eigenvalue weighted by molar-refractivity contribution is -0.137. The molecule has 1 fully saturated rings. The van der Waals surface area contributed by atoms with Crippen LogP contribution in [0, 0.1) is 5.92 Å². The van der Waals surface area contributed by atoms with Crippen LogP contribution in [0.4, 0.5) is 5.69 Å². The van der Waals surface area contributed by atoms with Crippen molar-refractivity contribution in [2.75, 3.05) is 18.1 Å². The van der Waals surface area contributed by atoms with Gasteiger partial charge in [0, 0.05) is 13.0 Å². The molecule has 1 unspecified atom stereocenters. The quantitative estimate of drug-likeness (QED) is 0.566. The van der Waals surface area contributed by atoms with Gasteiger partial charge in [0.05, 0.1) is 43.8 Å². The van der Waals surface area contributed by atoms with Crippen molar-refractivity contribution in [2.24, 2.45) is 5.92 Å². The van der Waals surface area contributed by atoms with Gasteiger partial charge >= 0.3 is 0 Å². The van der Waals surface area contributed by atoms with E-state index in [1.807, 2.05) is 43.3 Å². The van der Waals surface area contributed by atoms with Crippen LogP contribution >= 0.6 is 0 Å². The number of anilines is 1. The van der Waals surface area contributed by atoms with Crippen LogP contribution in [0.25, 0.3) is 0 Å². The number of hydrogen-bond acceptors (Lipinski definition) is 5. The molecule has 0 N–H and O–H groups in total. The first kappa shape index (κ1) is 19.8. The Bertz CT molecular complexity index is 945. The third-order valence-electron chi connectivity index (χ3n) is 5.10. The molecule has 1 aromatic carbocycles. The Morgan fingerprint density at radius 2 is 1.73 bits per heavy atom. The first-order valence-electron chi connectivity index (χ1n) is 10.0. The second-order valence-electron chi connectivity index (χ2n) is 7.16. The minimum atomic E-state index is -0.447. The van der Waals surface area contributed by atoms with Crippen LogP contribution in [-0.4, -0.2) is 29.9 Å².